The average Bonchev–Trinajstić information content (AvgIpc) is 3.47. The van der Waals surface area contributed by atoms with Crippen LogP contribution < -0.4 is 0 Å². The Balaban J connectivity index is 4.49. The van der Waals surface area contributed by atoms with E-state index in [4.69, 9.17) is 14.2 Å². The fraction of sp³-hybridized carbons (Fsp3) is 0.645. The minimum Gasteiger partial charge on any atom is -0.462 e. The predicted octanol–water partition coefficient (Wildman–Crippen LogP) is 23.5. The van der Waals surface area contributed by atoms with Gasteiger partial charge in [-0.2, -0.15) is 0 Å². The van der Waals surface area contributed by atoms with Crippen molar-refractivity contribution in [1.29, 1.82) is 0 Å². The molecule has 464 valence electrons. The number of unbranched alkanes of at least 4 members (excludes halogenated alkanes) is 25. The molecule has 0 aliphatic heterocycles. The van der Waals surface area contributed by atoms with Crippen molar-refractivity contribution in [2.24, 2.45) is 0 Å². The second-order valence-electron chi connectivity index (χ2n) is 22.0. The summed E-state index contributed by atoms with van der Waals surface area (Å²) in [6.07, 6.45) is 98.5. The van der Waals surface area contributed by atoms with Crippen molar-refractivity contribution in [2.45, 2.75) is 303 Å². The fourth-order valence-electron chi connectivity index (χ4n) is 9.06. The molecule has 0 rings (SSSR count). The standard InChI is InChI=1S/C76H124O6/c1-4-7-10-13-16-19-22-25-28-31-34-36-38-40-42-45-48-51-54-57-60-63-66-69-75(78)81-72-73(71-80-74(77)68-65-62-59-56-53-50-47-44-33-30-27-24-21-18-15-12-9-6-3)82-76(79)70-67-64-61-58-55-52-49-46-43-41-39-37-35-32-29-26-23-20-17-14-11-8-5-2/h7-8,10-11,16-17,19-20,25-26,28-30,33-37,40-43,48,51,73H,4-6,9,12-15,18,21-24,27,31-32,38-39,44-47,49-50,52-72H2,1-3H3/b10-7-,11-8-,19-16-,20-17-,28-25-,29-26-,33-30-,36-34-,37-35-,42-40-,43-41-,51-48-. The lowest BCUT2D eigenvalue weighted by Gasteiger charge is -2.18. The van der Waals surface area contributed by atoms with E-state index in [0.717, 1.165) is 154 Å². The zero-order chi connectivity index (χ0) is 59.2. The Bertz CT molecular complexity index is 1780. The van der Waals surface area contributed by atoms with Gasteiger partial charge in [-0.15, -0.1) is 0 Å². The zero-order valence-electron chi connectivity index (χ0n) is 53.2. The van der Waals surface area contributed by atoms with E-state index in [-0.39, 0.29) is 31.1 Å². The van der Waals surface area contributed by atoms with Crippen LogP contribution in [0, 0.1) is 0 Å². The van der Waals surface area contributed by atoms with Crippen molar-refractivity contribution in [3.63, 3.8) is 0 Å². The molecule has 0 aromatic rings. The SMILES string of the molecule is CC/C=C\C/C=C\C/C=C\C/C=C\C/C=C\C/C=C\CCCCCCC(=O)OCC(COC(=O)CCCCCCCCC/C=C\CCCCCCCCC)OC(=O)CCCCCCCCC/C=C\C/C=C\C/C=C\C/C=C\C/C=C\CC. The zero-order valence-corrected chi connectivity index (χ0v) is 53.2. The third-order valence-corrected chi connectivity index (χ3v) is 14.1. The lowest BCUT2D eigenvalue weighted by Crippen LogP contribution is -2.30. The number of ether oxygens (including phenoxy) is 3. The van der Waals surface area contributed by atoms with Gasteiger partial charge in [0.25, 0.3) is 0 Å². The summed E-state index contributed by atoms with van der Waals surface area (Å²) in [5.41, 5.74) is 0. The van der Waals surface area contributed by atoms with E-state index in [0.29, 0.717) is 19.3 Å². The van der Waals surface area contributed by atoms with Crippen LogP contribution in [0.4, 0.5) is 0 Å². The van der Waals surface area contributed by atoms with Crippen molar-refractivity contribution in [1.82, 2.24) is 0 Å². The number of hydrogen-bond donors (Lipinski definition) is 0. The third-order valence-electron chi connectivity index (χ3n) is 14.1. The molecular weight excluding hydrogens is 1010 g/mol. The highest BCUT2D eigenvalue weighted by molar-refractivity contribution is 5.71. The van der Waals surface area contributed by atoms with E-state index in [1.807, 2.05) is 0 Å². The number of carbonyl (C=O) groups is 3. The van der Waals surface area contributed by atoms with Crippen molar-refractivity contribution in [3.8, 4) is 0 Å². The van der Waals surface area contributed by atoms with Gasteiger partial charge in [-0.25, -0.2) is 0 Å². The van der Waals surface area contributed by atoms with Gasteiger partial charge in [0.2, 0.25) is 0 Å². The van der Waals surface area contributed by atoms with E-state index in [9.17, 15) is 14.4 Å². The highest BCUT2D eigenvalue weighted by Crippen LogP contribution is 2.15. The molecule has 0 aromatic heterocycles. The molecule has 0 N–H and O–H groups in total. The second kappa shape index (κ2) is 68.8. The lowest BCUT2D eigenvalue weighted by molar-refractivity contribution is -0.167. The summed E-state index contributed by atoms with van der Waals surface area (Å²) in [5.74, 6) is -0.935. The summed E-state index contributed by atoms with van der Waals surface area (Å²) in [6, 6.07) is 0. The first-order valence-corrected chi connectivity index (χ1v) is 33.8. The highest BCUT2D eigenvalue weighted by atomic mass is 16.6. The van der Waals surface area contributed by atoms with Gasteiger partial charge in [0.1, 0.15) is 13.2 Å². The van der Waals surface area contributed by atoms with Crippen molar-refractivity contribution in [3.05, 3.63) is 146 Å². The van der Waals surface area contributed by atoms with Crippen molar-refractivity contribution >= 4 is 17.9 Å². The van der Waals surface area contributed by atoms with Gasteiger partial charge in [-0.05, 0) is 141 Å². The Morgan fingerprint density at radius 1 is 0.256 bits per heavy atom. The number of carbonyl (C=O) groups excluding carboxylic acids is 3. The summed E-state index contributed by atoms with van der Waals surface area (Å²) in [5, 5.41) is 0. The van der Waals surface area contributed by atoms with Crippen molar-refractivity contribution < 1.29 is 28.6 Å². The average molecular weight is 1130 g/mol. The van der Waals surface area contributed by atoms with Crippen LogP contribution in [0.15, 0.2) is 146 Å². The molecule has 0 saturated carbocycles. The molecule has 6 nitrogen and oxygen atoms in total. The molecule has 0 heterocycles. The molecule has 6 heteroatoms. The molecule has 0 spiro atoms. The molecule has 0 aliphatic carbocycles. The van der Waals surface area contributed by atoms with E-state index >= 15 is 0 Å². The normalized spacial score (nSPS) is 13.1. The first-order valence-electron chi connectivity index (χ1n) is 33.8. The maximum absolute atomic E-state index is 13.0. The predicted molar refractivity (Wildman–Crippen MR) is 357 cm³/mol. The summed E-state index contributed by atoms with van der Waals surface area (Å²) in [7, 11) is 0. The number of rotatable bonds is 60. The number of hydrogen-bond acceptors (Lipinski definition) is 6. The molecule has 82 heavy (non-hydrogen) atoms. The second-order valence-corrected chi connectivity index (χ2v) is 22.0. The molecule has 1 unspecified atom stereocenters. The van der Waals surface area contributed by atoms with Crippen LogP contribution in [0.1, 0.15) is 297 Å². The summed E-state index contributed by atoms with van der Waals surface area (Å²) in [6.45, 7) is 6.39. The van der Waals surface area contributed by atoms with E-state index in [1.54, 1.807) is 0 Å². The van der Waals surface area contributed by atoms with Gasteiger partial charge in [0.15, 0.2) is 6.10 Å². The molecule has 0 aromatic carbocycles. The molecule has 0 bridgehead atoms. The lowest BCUT2D eigenvalue weighted by atomic mass is 10.1. The van der Waals surface area contributed by atoms with Gasteiger partial charge in [0, 0.05) is 19.3 Å². The molecular formula is C76H124O6. The van der Waals surface area contributed by atoms with Gasteiger partial charge < -0.3 is 14.2 Å². The minimum absolute atomic E-state index is 0.0977. The number of allylic oxidation sites excluding steroid dienone is 24. The van der Waals surface area contributed by atoms with Crippen LogP contribution in [0.5, 0.6) is 0 Å². The highest BCUT2D eigenvalue weighted by Gasteiger charge is 2.19. The smallest absolute Gasteiger partial charge is 0.306 e. The molecule has 0 amide bonds. The van der Waals surface area contributed by atoms with Crippen LogP contribution in [0.2, 0.25) is 0 Å². The van der Waals surface area contributed by atoms with E-state index in [1.165, 1.54) is 103 Å². The van der Waals surface area contributed by atoms with Gasteiger partial charge in [0.05, 0.1) is 0 Å². The summed E-state index contributed by atoms with van der Waals surface area (Å²) < 4.78 is 16.9. The summed E-state index contributed by atoms with van der Waals surface area (Å²) in [4.78, 5) is 38.5. The molecule has 0 fully saturated rings. The molecule has 1 atom stereocenters. The molecule has 0 radical (unpaired) electrons. The van der Waals surface area contributed by atoms with Crippen molar-refractivity contribution in [2.75, 3.05) is 13.2 Å². The van der Waals surface area contributed by atoms with Crippen LogP contribution in [0.3, 0.4) is 0 Å². The van der Waals surface area contributed by atoms with Crippen LogP contribution in [0.25, 0.3) is 0 Å². The summed E-state index contributed by atoms with van der Waals surface area (Å²) >= 11 is 0. The van der Waals surface area contributed by atoms with Gasteiger partial charge in [-0.3, -0.25) is 14.4 Å². The Morgan fingerprint density at radius 3 is 0.756 bits per heavy atom. The van der Waals surface area contributed by atoms with Crippen LogP contribution in [-0.2, 0) is 28.6 Å². The maximum Gasteiger partial charge on any atom is 0.306 e. The topological polar surface area (TPSA) is 78.9 Å². The first-order chi connectivity index (χ1) is 40.5. The van der Waals surface area contributed by atoms with E-state index < -0.39 is 6.10 Å². The fourth-order valence-corrected chi connectivity index (χ4v) is 9.06. The van der Waals surface area contributed by atoms with Crippen LogP contribution in [-0.4, -0.2) is 37.2 Å². The molecule has 0 aliphatic rings. The Kier molecular flexibility index (Phi) is 64.8. The quantitative estimate of drug-likeness (QED) is 0.0261. The Hall–Kier alpha value is -4.71. The monoisotopic (exact) mass is 1130 g/mol. The first kappa shape index (κ1) is 77.3. The number of esters is 3. The molecule has 0 saturated heterocycles. The third kappa shape index (κ3) is 66.1. The maximum atomic E-state index is 13.0. The largest absolute Gasteiger partial charge is 0.462 e. The Labute approximate surface area is 506 Å². The van der Waals surface area contributed by atoms with Gasteiger partial charge in [-0.1, -0.05) is 282 Å². The Morgan fingerprint density at radius 2 is 0.476 bits per heavy atom. The minimum atomic E-state index is -0.806. The van der Waals surface area contributed by atoms with E-state index in [2.05, 4.69) is 167 Å². The van der Waals surface area contributed by atoms with Gasteiger partial charge >= 0.3 is 17.9 Å². The van der Waals surface area contributed by atoms with Crippen LogP contribution >= 0.6 is 0 Å².